The molecule has 0 aromatic heterocycles. The van der Waals surface area contributed by atoms with Crippen LogP contribution >= 0.6 is 0 Å². The lowest BCUT2D eigenvalue weighted by atomic mass is 9.80. The normalized spacial score (nSPS) is 22.7. The third-order valence-electron chi connectivity index (χ3n) is 3.02. The van der Waals surface area contributed by atoms with Gasteiger partial charge < -0.3 is 0 Å². The third-order valence-corrected chi connectivity index (χ3v) is 3.02. The summed E-state index contributed by atoms with van der Waals surface area (Å²) >= 11 is 0. The molecule has 1 atom stereocenters. The Hall–Kier alpha value is -0.860. The maximum atomic E-state index is 12.0. The van der Waals surface area contributed by atoms with E-state index in [1.165, 1.54) is 4.90 Å². The summed E-state index contributed by atoms with van der Waals surface area (Å²) in [6.45, 7) is 8.72. The number of carbonyl (C=O) groups is 2. The maximum Gasteiger partial charge on any atom is 0.233 e. The minimum Gasteiger partial charge on any atom is -0.282 e. The van der Waals surface area contributed by atoms with Gasteiger partial charge in [0.15, 0.2) is 0 Å². The van der Waals surface area contributed by atoms with E-state index >= 15 is 0 Å². The van der Waals surface area contributed by atoms with Crippen molar-refractivity contribution in [3.63, 3.8) is 0 Å². The number of hydrogen-bond donors (Lipinski definition) is 0. The van der Waals surface area contributed by atoms with E-state index in [1.807, 2.05) is 20.8 Å². The number of hydrogen-bond acceptors (Lipinski definition) is 2. The summed E-state index contributed by atoms with van der Waals surface area (Å²) in [6.07, 6.45) is 2.32. The predicted molar refractivity (Wildman–Crippen MR) is 59.2 cm³/mol. The van der Waals surface area contributed by atoms with Crippen molar-refractivity contribution in [2.45, 2.75) is 47.0 Å². The maximum absolute atomic E-state index is 12.0. The monoisotopic (exact) mass is 211 g/mol. The minimum atomic E-state index is -0.123. The van der Waals surface area contributed by atoms with Gasteiger partial charge in [-0.2, -0.15) is 0 Å². The van der Waals surface area contributed by atoms with Crippen LogP contribution in [-0.2, 0) is 9.59 Å². The van der Waals surface area contributed by atoms with Gasteiger partial charge >= 0.3 is 0 Å². The van der Waals surface area contributed by atoms with Gasteiger partial charge in [0.05, 0.1) is 5.92 Å². The van der Waals surface area contributed by atoms with Crippen molar-refractivity contribution in [1.82, 2.24) is 4.90 Å². The number of amides is 2. The second-order valence-corrected chi connectivity index (χ2v) is 5.36. The first-order chi connectivity index (χ1) is 6.88. The SMILES string of the molecule is CCCCN1C(=O)CC(C(C)(C)C)C1=O. The van der Waals surface area contributed by atoms with Crippen LogP contribution in [0.15, 0.2) is 0 Å². The standard InChI is InChI=1S/C12H21NO2/c1-5-6-7-13-10(14)8-9(11(13)15)12(2,3)4/h9H,5-8H2,1-4H3. The molecule has 0 bridgehead atoms. The van der Waals surface area contributed by atoms with Crippen LogP contribution in [0.2, 0.25) is 0 Å². The smallest absolute Gasteiger partial charge is 0.233 e. The first-order valence-corrected chi connectivity index (χ1v) is 5.72. The average molecular weight is 211 g/mol. The minimum absolute atomic E-state index is 0.00775. The lowest BCUT2D eigenvalue weighted by Gasteiger charge is -2.24. The molecule has 0 N–H and O–H groups in total. The van der Waals surface area contributed by atoms with Gasteiger partial charge in [0.2, 0.25) is 11.8 Å². The van der Waals surface area contributed by atoms with Gasteiger partial charge in [-0.1, -0.05) is 34.1 Å². The molecule has 0 spiro atoms. The molecule has 3 nitrogen and oxygen atoms in total. The van der Waals surface area contributed by atoms with Crippen LogP contribution in [0.5, 0.6) is 0 Å². The Morgan fingerprint density at radius 1 is 1.33 bits per heavy atom. The topological polar surface area (TPSA) is 37.4 Å². The van der Waals surface area contributed by atoms with E-state index in [0.29, 0.717) is 13.0 Å². The zero-order chi connectivity index (χ0) is 11.6. The molecule has 0 aliphatic carbocycles. The summed E-state index contributed by atoms with van der Waals surface area (Å²) in [5.74, 6) is -0.0869. The Morgan fingerprint density at radius 2 is 1.93 bits per heavy atom. The van der Waals surface area contributed by atoms with E-state index in [0.717, 1.165) is 12.8 Å². The van der Waals surface area contributed by atoms with E-state index in [4.69, 9.17) is 0 Å². The van der Waals surface area contributed by atoms with Gasteiger partial charge in [-0.25, -0.2) is 0 Å². The third kappa shape index (κ3) is 2.58. The molecular formula is C12H21NO2. The fourth-order valence-electron chi connectivity index (χ4n) is 1.91. The van der Waals surface area contributed by atoms with E-state index < -0.39 is 0 Å². The van der Waals surface area contributed by atoms with Gasteiger partial charge in [-0.05, 0) is 11.8 Å². The molecule has 1 saturated heterocycles. The molecule has 0 saturated carbocycles. The van der Waals surface area contributed by atoms with E-state index in [2.05, 4.69) is 6.92 Å². The molecule has 1 aliphatic heterocycles. The summed E-state index contributed by atoms with van der Waals surface area (Å²) in [6, 6.07) is 0. The fourth-order valence-corrected chi connectivity index (χ4v) is 1.91. The summed E-state index contributed by atoms with van der Waals surface area (Å²) in [7, 11) is 0. The van der Waals surface area contributed by atoms with Crippen molar-refractivity contribution in [2.24, 2.45) is 11.3 Å². The molecule has 2 amide bonds. The molecule has 1 heterocycles. The number of likely N-dealkylation sites (tertiary alicyclic amines) is 1. The molecule has 1 rings (SSSR count). The van der Waals surface area contributed by atoms with Crippen molar-refractivity contribution in [2.75, 3.05) is 6.54 Å². The van der Waals surface area contributed by atoms with Gasteiger partial charge in [-0.15, -0.1) is 0 Å². The van der Waals surface area contributed by atoms with Gasteiger partial charge in [0, 0.05) is 13.0 Å². The summed E-state index contributed by atoms with van der Waals surface area (Å²) in [4.78, 5) is 25.1. The lowest BCUT2D eigenvalue weighted by Crippen LogP contribution is -2.34. The first kappa shape index (κ1) is 12.2. The Kier molecular flexibility index (Phi) is 3.53. The second-order valence-electron chi connectivity index (χ2n) is 5.36. The number of rotatable bonds is 3. The highest BCUT2D eigenvalue weighted by Gasteiger charge is 2.43. The van der Waals surface area contributed by atoms with Crippen molar-refractivity contribution >= 4 is 11.8 Å². The molecule has 0 radical (unpaired) electrons. The predicted octanol–water partition coefficient (Wildman–Crippen LogP) is 2.21. The molecule has 3 heteroatoms. The first-order valence-electron chi connectivity index (χ1n) is 5.72. The molecule has 86 valence electrons. The summed E-state index contributed by atoms with van der Waals surface area (Å²) in [5.41, 5.74) is -0.103. The molecule has 1 aliphatic rings. The molecule has 0 aromatic carbocycles. The van der Waals surface area contributed by atoms with Crippen LogP contribution in [0.1, 0.15) is 47.0 Å². The summed E-state index contributed by atoms with van der Waals surface area (Å²) in [5, 5.41) is 0. The highest BCUT2D eigenvalue weighted by Crippen LogP contribution is 2.35. The van der Waals surface area contributed by atoms with E-state index in [1.54, 1.807) is 0 Å². The van der Waals surface area contributed by atoms with Crippen molar-refractivity contribution in [3.05, 3.63) is 0 Å². The number of unbranched alkanes of at least 4 members (excludes halogenated alkanes) is 1. The zero-order valence-electron chi connectivity index (χ0n) is 10.2. The molecular weight excluding hydrogens is 190 g/mol. The van der Waals surface area contributed by atoms with Crippen molar-refractivity contribution < 1.29 is 9.59 Å². The average Bonchev–Trinajstić information content (AvgIpc) is 2.39. The highest BCUT2D eigenvalue weighted by atomic mass is 16.2. The largest absolute Gasteiger partial charge is 0.282 e. The second kappa shape index (κ2) is 4.33. The van der Waals surface area contributed by atoms with Gasteiger partial charge in [0.1, 0.15) is 0 Å². The van der Waals surface area contributed by atoms with Gasteiger partial charge in [-0.3, -0.25) is 14.5 Å². The van der Waals surface area contributed by atoms with Gasteiger partial charge in [0.25, 0.3) is 0 Å². The van der Waals surface area contributed by atoms with Crippen molar-refractivity contribution in [3.8, 4) is 0 Å². The van der Waals surface area contributed by atoms with E-state index in [9.17, 15) is 9.59 Å². The Bertz CT molecular complexity index is 265. The fraction of sp³-hybridized carbons (Fsp3) is 0.833. The number of carbonyl (C=O) groups excluding carboxylic acids is 2. The molecule has 15 heavy (non-hydrogen) atoms. The Balaban J connectivity index is 2.71. The summed E-state index contributed by atoms with van der Waals surface area (Å²) < 4.78 is 0. The van der Waals surface area contributed by atoms with E-state index in [-0.39, 0.29) is 23.1 Å². The number of nitrogens with zero attached hydrogens (tertiary/aromatic N) is 1. The van der Waals surface area contributed by atoms with Crippen molar-refractivity contribution in [1.29, 1.82) is 0 Å². The van der Waals surface area contributed by atoms with Crippen LogP contribution < -0.4 is 0 Å². The Labute approximate surface area is 91.8 Å². The van der Waals surface area contributed by atoms with Crippen LogP contribution in [-0.4, -0.2) is 23.3 Å². The van der Waals surface area contributed by atoms with Crippen LogP contribution in [0.4, 0.5) is 0 Å². The quantitative estimate of drug-likeness (QED) is 0.671. The highest BCUT2D eigenvalue weighted by molar-refractivity contribution is 6.03. The van der Waals surface area contributed by atoms with Crippen LogP contribution in [0, 0.1) is 11.3 Å². The molecule has 1 unspecified atom stereocenters. The lowest BCUT2D eigenvalue weighted by molar-refractivity contribution is -0.140. The Morgan fingerprint density at radius 3 is 2.33 bits per heavy atom. The van der Waals surface area contributed by atoms with Crippen LogP contribution in [0.25, 0.3) is 0 Å². The molecule has 1 fully saturated rings. The van der Waals surface area contributed by atoms with Crippen LogP contribution in [0.3, 0.4) is 0 Å². The molecule has 0 aromatic rings. The zero-order valence-corrected chi connectivity index (χ0v) is 10.2. The number of imide groups is 1.